The maximum absolute atomic E-state index is 12.1. The molecule has 0 spiro atoms. The number of carbonyl (C=O) groups excluding carboxylic acids is 2. The zero-order valence-electron chi connectivity index (χ0n) is 15.3. The van der Waals surface area contributed by atoms with E-state index < -0.39 is 11.9 Å². The SMILES string of the molecule is CN(C)c1ccc(C(=O)OCC(=O)Nc2nc(-c3cccc(Br)c3)cs2)cc1. The minimum Gasteiger partial charge on any atom is -0.452 e. The van der Waals surface area contributed by atoms with Crippen molar-refractivity contribution < 1.29 is 14.3 Å². The highest BCUT2D eigenvalue weighted by Gasteiger charge is 2.12. The van der Waals surface area contributed by atoms with Gasteiger partial charge in [-0.05, 0) is 36.4 Å². The molecule has 1 amide bonds. The van der Waals surface area contributed by atoms with Gasteiger partial charge >= 0.3 is 5.97 Å². The first-order valence-electron chi connectivity index (χ1n) is 8.38. The van der Waals surface area contributed by atoms with Crippen LogP contribution in [0.2, 0.25) is 0 Å². The lowest BCUT2D eigenvalue weighted by Gasteiger charge is -2.12. The van der Waals surface area contributed by atoms with E-state index >= 15 is 0 Å². The van der Waals surface area contributed by atoms with Crippen molar-refractivity contribution in [2.75, 3.05) is 30.9 Å². The summed E-state index contributed by atoms with van der Waals surface area (Å²) in [4.78, 5) is 30.4. The van der Waals surface area contributed by atoms with Crippen molar-refractivity contribution in [3.8, 4) is 11.3 Å². The van der Waals surface area contributed by atoms with Crippen LogP contribution in [-0.4, -0.2) is 37.6 Å². The second kappa shape index (κ2) is 8.99. The Kier molecular flexibility index (Phi) is 6.43. The third-order valence-corrected chi connectivity index (χ3v) is 5.08. The lowest BCUT2D eigenvalue weighted by Crippen LogP contribution is -2.20. The Bertz CT molecular complexity index is 986. The van der Waals surface area contributed by atoms with Gasteiger partial charge in [0.15, 0.2) is 11.7 Å². The predicted octanol–water partition coefficient (Wildman–Crippen LogP) is 4.43. The molecule has 0 aliphatic carbocycles. The van der Waals surface area contributed by atoms with Crippen molar-refractivity contribution in [1.29, 1.82) is 0 Å². The zero-order valence-corrected chi connectivity index (χ0v) is 17.7. The molecule has 3 aromatic rings. The third-order valence-electron chi connectivity index (χ3n) is 3.82. The number of nitrogens with one attached hydrogen (secondary N) is 1. The Morgan fingerprint density at radius 3 is 2.61 bits per heavy atom. The van der Waals surface area contributed by atoms with Crippen LogP contribution in [0.15, 0.2) is 58.4 Å². The molecule has 1 N–H and O–H groups in total. The van der Waals surface area contributed by atoms with E-state index in [1.165, 1.54) is 11.3 Å². The van der Waals surface area contributed by atoms with Gasteiger partial charge in [0.1, 0.15) is 0 Å². The minimum absolute atomic E-state index is 0.375. The first-order chi connectivity index (χ1) is 13.4. The Morgan fingerprint density at radius 1 is 1.18 bits per heavy atom. The topological polar surface area (TPSA) is 71.5 Å². The molecule has 28 heavy (non-hydrogen) atoms. The molecule has 0 saturated carbocycles. The fraction of sp³-hybridized carbons (Fsp3) is 0.150. The van der Waals surface area contributed by atoms with Crippen molar-refractivity contribution in [2.45, 2.75) is 0 Å². The van der Waals surface area contributed by atoms with Crippen LogP contribution in [0.25, 0.3) is 11.3 Å². The van der Waals surface area contributed by atoms with E-state index in [9.17, 15) is 9.59 Å². The summed E-state index contributed by atoms with van der Waals surface area (Å²) in [7, 11) is 3.83. The van der Waals surface area contributed by atoms with Gasteiger partial charge in [-0.25, -0.2) is 9.78 Å². The summed E-state index contributed by atoms with van der Waals surface area (Å²) in [6, 6.07) is 14.7. The van der Waals surface area contributed by atoms with Gasteiger partial charge in [-0.2, -0.15) is 0 Å². The largest absolute Gasteiger partial charge is 0.452 e. The second-order valence-electron chi connectivity index (χ2n) is 6.11. The number of rotatable bonds is 6. The van der Waals surface area contributed by atoms with Gasteiger partial charge in [-0.15, -0.1) is 11.3 Å². The number of hydrogen-bond acceptors (Lipinski definition) is 6. The standard InChI is InChI=1S/C20H18BrN3O3S/c1-24(2)16-8-6-13(7-9-16)19(26)27-11-18(25)23-20-22-17(12-28-20)14-4-3-5-15(21)10-14/h3-10,12H,11H2,1-2H3,(H,22,23,25). The summed E-state index contributed by atoms with van der Waals surface area (Å²) in [5.74, 6) is -0.983. The Hall–Kier alpha value is -2.71. The van der Waals surface area contributed by atoms with Crippen LogP contribution in [0.3, 0.4) is 0 Å². The van der Waals surface area contributed by atoms with Crippen LogP contribution in [0.1, 0.15) is 10.4 Å². The molecule has 0 bridgehead atoms. The maximum atomic E-state index is 12.1. The van der Waals surface area contributed by atoms with Crippen LogP contribution in [0.5, 0.6) is 0 Å². The number of carbonyl (C=O) groups is 2. The lowest BCUT2D eigenvalue weighted by molar-refractivity contribution is -0.119. The van der Waals surface area contributed by atoms with Crippen LogP contribution < -0.4 is 10.2 Å². The Morgan fingerprint density at radius 2 is 1.93 bits per heavy atom. The summed E-state index contributed by atoms with van der Waals surface area (Å²) in [5.41, 5.74) is 3.07. The van der Waals surface area contributed by atoms with Gasteiger partial charge in [0.25, 0.3) is 5.91 Å². The van der Waals surface area contributed by atoms with Crippen molar-refractivity contribution in [2.24, 2.45) is 0 Å². The third kappa shape index (κ3) is 5.17. The number of benzene rings is 2. The highest BCUT2D eigenvalue weighted by atomic mass is 79.9. The van der Waals surface area contributed by atoms with Gasteiger partial charge in [-0.1, -0.05) is 28.1 Å². The normalized spacial score (nSPS) is 10.4. The van der Waals surface area contributed by atoms with E-state index in [0.717, 1.165) is 21.4 Å². The van der Waals surface area contributed by atoms with Crippen molar-refractivity contribution >= 4 is 50.0 Å². The average molecular weight is 460 g/mol. The van der Waals surface area contributed by atoms with Gasteiger partial charge in [-0.3, -0.25) is 10.1 Å². The Labute approximate surface area is 175 Å². The highest BCUT2D eigenvalue weighted by molar-refractivity contribution is 9.10. The smallest absolute Gasteiger partial charge is 0.338 e. The molecule has 3 rings (SSSR count). The van der Waals surface area contributed by atoms with E-state index in [-0.39, 0.29) is 6.61 Å². The van der Waals surface area contributed by atoms with E-state index in [1.807, 2.05) is 60.8 Å². The van der Waals surface area contributed by atoms with Gasteiger partial charge in [0, 0.05) is 35.2 Å². The van der Waals surface area contributed by atoms with Gasteiger partial charge in [0.05, 0.1) is 11.3 Å². The first kappa shape index (κ1) is 20.0. The molecular weight excluding hydrogens is 442 g/mol. The number of esters is 1. The van der Waals surface area contributed by atoms with E-state index in [1.54, 1.807) is 12.1 Å². The average Bonchev–Trinajstić information content (AvgIpc) is 3.14. The van der Waals surface area contributed by atoms with Crippen LogP contribution >= 0.6 is 27.3 Å². The summed E-state index contributed by atoms with van der Waals surface area (Å²) in [6.45, 7) is -0.375. The molecule has 0 aliphatic heterocycles. The molecule has 8 heteroatoms. The van der Waals surface area contributed by atoms with Crippen LogP contribution in [-0.2, 0) is 9.53 Å². The highest BCUT2D eigenvalue weighted by Crippen LogP contribution is 2.26. The molecule has 0 saturated heterocycles. The molecule has 0 aliphatic rings. The summed E-state index contributed by atoms with van der Waals surface area (Å²) >= 11 is 4.74. The zero-order chi connectivity index (χ0) is 20.1. The summed E-state index contributed by atoms with van der Waals surface area (Å²) in [5, 5.41) is 4.96. The number of hydrogen-bond donors (Lipinski definition) is 1. The van der Waals surface area contributed by atoms with Gasteiger partial charge < -0.3 is 9.64 Å². The molecule has 0 unspecified atom stereocenters. The molecule has 1 aromatic heterocycles. The van der Waals surface area contributed by atoms with Crippen LogP contribution in [0.4, 0.5) is 10.8 Å². The maximum Gasteiger partial charge on any atom is 0.338 e. The molecule has 6 nitrogen and oxygen atoms in total. The molecule has 0 atom stereocenters. The number of aromatic nitrogens is 1. The fourth-order valence-electron chi connectivity index (χ4n) is 2.38. The number of nitrogens with zero attached hydrogens (tertiary/aromatic N) is 2. The van der Waals surface area contributed by atoms with E-state index in [0.29, 0.717) is 10.7 Å². The number of anilines is 2. The van der Waals surface area contributed by atoms with Crippen molar-refractivity contribution in [3.05, 3.63) is 63.9 Å². The summed E-state index contributed by atoms with van der Waals surface area (Å²) in [6.07, 6.45) is 0. The minimum atomic E-state index is -0.547. The van der Waals surface area contributed by atoms with E-state index in [4.69, 9.17) is 4.74 Å². The first-order valence-corrected chi connectivity index (χ1v) is 10.1. The number of thiazole rings is 1. The molecular formula is C20H18BrN3O3S. The second-order valence-corrected chi connectivity index (χ2v) is 7.89. The predicted molar refractivity (Wildman–Crippen MR) is 115 cm³/mol. The number of amides is 1. The monoisotopic (exact) mass is 459 g/mol. The number of ether oxygens (including phenoxy) is 1. The Balaban J connectivity index is 1.54. The lowest BCUT2D eigenvalue weighted by atomic mass is 10.2. The number of halogens is 1. The molecule has 144 valence electrons. The fourth-order valence-corrected chi connectivity index (χ4v) is 3.51. The molecule has 0 fully saturated rings. The quantitative estimate of drug-likeness (QED) is 0.551. The summed E-state index contributed by atoms with van der Waals surface area (Å²) < 4.78 is 6.03. The molecule has 1 heterocycles. The van der Waals surface area contributed by atoms with Crippen LogP contribution in [0, 0.1) is 0 Å². The molecule has 2 aromatic carbocycles. The van der Waals surface area contributed by atoms with Gasteiger partial charge in [0.2, 0.25) is 0 Å². The van der Waals surface area contributed by atoms with E-state index in [2.05, 4.69) is 26.2 Å². The molecule has 0 radical (unpaired) electrons. The van der Waals surface area contributed by atoms with Crippen molar-refractivity contribution in [1.82, 2.24) is 4.98 Å². The van der Waals surface area contributed by atoms with Crippen molar-refractivity contribution in [3.63, 3.8) is 0 Å².